The summed E-state index contributed by atoms with van der Waals surface area (Å²) in [5.74, 6) is 0.683. The average Bonchev–Trinajstić information content (AvgIpc) is 2.34. The van der Waals surface area contributed by atoms with E-state index < -0.39 is 0 Å². The van der Waals surface area contributed by atoms with E-state index in [1.807, 2.05) is 0 Å². The highest BCUT2D eigenvalue weighted by atomic mass is 35.5. The van der Waals surface area contributed by atoms with Crippen LogP contribution in [0.25, 0.3) is 0 Å². The van der Waals surface area contributed by atoms with E-state index in [1.54, 1.807) is 6.07 Å². The first-order chi connectivity index (χ1) is 8.11. The third-order valence-electron chi connectivity index (χ3n) is 2.76. The largest absolute Gasteiger partial charge is 0.375 e. The first kappa shape index (κ1) is 13.2. The van der Waals surface area contributed by atoms with Crippen molar-refractivity contribution in [1.82, 2.24) is 4.98 Å². The first-order valence-corrected chi connectivity index (χ1v) is 6.63. The predicted octanol–water partition coefficient (Wildman–Crippen LogP) is 3.66. The fraction of sp³-hybridized carbons (Fsp3) is 0.545. The second-order valence-corrected chi connectivity index (χ2v) is 5.09. The summed E-state index contributed by atoms with van der Waals surface area (Å²) in [6, 6.07) is 1.63. The summed E-state index contributed by atoms with van der Waals surface area (Å²) in [7, 11) is 0. The molecule has 0 bridgehead atoms. The number of aromatic nitrogens is 1. The molecule has 0 radical (unpaired) electrons. The molecular weight excluding hydrogens is 282 g/mol. The van der Waals surface area contributed by atoms with Crippen LogP contribution < -0.4 is 4.90 Å². The van der Waals surface area contributed by atoms with E-state index in [0.717, 1.165) is 19.5 Å². The molecule has 0 aliphatic carbocycles. The van der Waals surface area contributed by atoms with Gasteiger partial charge in [-0.05, 0) is 12.5 Å². The molecule has 3 nitrogen and oxygen atoms in total. The Kier molecular flexibility index (Phi) is 4.36. The first-order valence-electron chi connectivity index (χ1n) is 5.50. The Morgan fingerprint density at radius 1 is 1.41 bits per heavy atom. The molecule has 2 heterocycles. The molecule has 0 N–H and O–H groups in total. The molecule has 1 aromatic heterocycles. The molecule has 0 aromatic carbocycles. The second kappa shape index (κ2) is 5.61. The number of anilines is 1. The maximum absolute atomic E-state index is 6.14. The molecule has 6 heteroatoms. The number of pyridine rings is 1. The molecule has 1 aliphatic heterocycles. The van der Waals surface area contributed by atoms with Crippen LogP contribution in [-0.4, -0.2) is 30.8 Å². The van der Waals surface area contributed by atoms with Crippen molar-refractivity contribution in [2.75, 3.05) is 24.6 Å². The quantitative estimate of drug-likeness (QED) is 0.779. The minimum atomic E-state index is 0.219. The minimum Gasteiger partial charge on any atom is -0.375 e. The van der Waals surface area contributed by atoms with Crippen molar-refractivity contribution < 1.29 is 4.74 Å². The van der Waals surface area contributed by atoms with Crippen molar-refractivity contribution in [3.05, 3.63) is 21.3 Å². The summed E-state index contributed by atoms with van der Waals surface area (Å²) in [5.41, 5.74) is 0. The molecule has 17 heavy (non-hydrogen) atoms. The predicted molar refractivity (Wildman–Crippen MR) is 71.5 cm³/mol. The monoisotopic (exact) mass is 294 g/mol. The lowest BCUT2D eigenvalue weighted by Gasteiger charge is -2.33. The van der Waals surface area contributed by atoms with Gasteiger partial charge in [0, 0.05) is 13.1 Å². The Balaban J connectivity index is 2.24. The van der Waals surface area contributed by atoms with Crippen LogP contribution in [0.3, 0.4) is 0 Å². The van der Waals surface area contributed by atoms with E-state index in [2.05, 4.69) is 16.8 Å². The van der Waals surface area contributed by atoms with Gasteiger partial charge in [-0.15, -0.1) is 0 Å². The highest BCUT2D eigenvalue weighted by Crippen LogP contribution is 2.32. The summed E-state index contributed by atoms with van der Waals surface area (Å²) in [5, 5.41) is 1.18. The molecule has 2 rings (SSSR count). The van der Waals surface area contributed by atoms with Gasteiger partial charge in [0.25, 0.3) is 0 Å². The number of rotatable bonds is 2. The van der Waals surface area contributed by atoms with Crippen molar-refractivity contribution in [1.29, 1.82) is 0 Å². The summed E-state index contributed by atoms with van der Waals surface area (Å²) in [4.78, 5) is 6.32. The third-order valence-corrected chi connectivity index (χ3v) is 3.71. The molecule has 1 atom stereocenters. The normalized spacial score (nSPS) is 20.7. The van der Waals surface area contributed by atoms with Gasteiger partial charge in [0.05, 0.1) is 22.8 Å². The third kappa shape index (κ3) is 2.97. The van der Waals surface area contributed by atoms with E-state index in [9.17, 15) is 0 Å². The van der Waals surface area contributed by atoms with Crippen molar-refractivity contribution in [3.8, 4) is 0 Å². The van der Waals surface area contributed by atoms with Gasteiger partial charge in [0.15, 0.2) is 0 Å². The molecule has 1 fully saturated rings. The molecule has 0 saturated carbocycles. The van der Waals surface area contributed by atoms with Gasteiger partial charge in [-0.2, -0.15) is 0 Å². The molecule has 1 saturated heterocycles. The van der Waals surface area contributed by atoms with Gasteiger partial charge in [0.2, 0.25) is 0 Å². The van der Waals surface area contributed by atoms with Crippen LogP contribution in [0.4, 0.5) is 5.82 Å². The SMILES string of the molecule is CCC1CN(c2nc(Cl)c(Cl)cc2Cl)CCO1. The fourth-order valence-electron chi connectivity index (χ4n) is 1.82. The van der Waals surface area contributed by atoms with E-state index in [4.69, 9.17) is 39.5 Å². The zero-order valence-corrected chi connectivity index (χ0v) is 11.7. The van der Waals surface area contributed by atoms with Crippen LogP contribution in [0.1, 0.15) is 13.3 Å². The van der Waals surface area contributed by atoms with E-state index in [-0.39, 0.29) is 11.3 Å². The highest BCUT2D eigenvalue weighted by Gasteiger charge is 2.22. The van der Waals surface area contributed by atoms with Crippen molar-refractivity contribution in [2.45, 2.75) is 19.4 Å². The number of morpholine rings is 1. The molecule has 94 valence electrons. The molecular formula is C11H13Cl3N2O. The molecule has 0 amide bonds. The number of halogens is 3. The Morgan fingerprint density at radius 3 is 2.88 bits per heavy atom. The number of nitrogens with zero attached hydrogens (tertiary/aromatic N) is 2. The summed E-state index contributed by atoms with van der Waals surface area (Å²) in [6.07, 6.45) is 1.19. The van der Waals surface area contributed by atoms with Crippen LogP contribution in [0, 0.1) is 0 Å². The molecule has 1 aliphatic rings. The lowest BCUT2D eigenvalue weighted by molar-refractivity contribution is 0.0382. The van der Waals surface area contributed by atoms with Gasteiger partial charge in [-0.1, -0.05) is 41.7 Å². The topological polar surface area (TPSA) is 25.4 Å². The van der Waals surface area contributed by atoms with Gasteiger partial charge < -0.3 is 9.64 Å². The number of hydrogen-bond acceptors (Lipinski definition) is 3. The zero-order chi connectivity index (χ0) is 12.4. The zero-order valence-electron chi connectivity index (χ0n) is 9.42. The smallest absolute Gasteiger partial charge is 0.150 e. The van der Waals surface area contributed by atoms with Crippen molar-refractivity contribution >= 4 is 40.6 Å². The van der Waals surface area contributed by atoms with E-state index >= 15 is 0 Å². The van der Waals surface area contributed by atoms with Crippen LogP contribution >= 0.6 is 34.8 Å². The Morgan fingerprint density at radius 2 is 2.18 bits per heavy atom. The minimum absolute atomic E-state index is 0.219. The van der Waals surface area contributed by atoms with Crippen LogP contribution in [0.15, 0.2) is 6.07 Å². The van der Waals surface area contributed by atoms with Crippen LogP contribution in [0.2, 0.25) is 15.2 Å². The summed E-state index contributed by atoms with van der Waals surface area (Å²) >= 11 is 17.9. The molecule has 1 aromatic rings. The number of hydrogen-bond donors (Lipinski definition) is 0. The molecule has 1 unspecified atom stereocenters. The maximum atomic E-state index is 6.14. The van der Waals surface area contributed by atoms with Crippen molar-refractivity contribution in [3.63, 3.8) is 0 Å². The van der Waals surface area contributed by atoms with Crippen molar-refractivity contribution in [2.24, 2.45) is 0 Å². The summed E-state index contributed by atoms with van der Waals surface area (Å²) < 4.78 is 5.60. The Hall–Kier alpha value is -0.220. The van der Waals surface area contributed by atoms with Gasteiger partial charge in [-0.25, -0.2) is 4.98 Å². The van der Waals surface area contributed by atoms with Crippen LogP contribution in [-0.2, 0) is 4.74 Å². The standard InChI is InChI=1S/C11H13Cl3N2O/c1-2-7-6-16(3-4-17-7)11-9(13)5-8(12)10(14)15-11/h5,7H,2-4,6H2,1H3. The van der Waals surface area contributed by atoms with E-state index in [1.165, 1.54) is 0 Å². The van der Waals surface area contributed by atoms with Gasteiger partial charge in [-0.3, -0.25) is 0 Å². The second-order valence-electron chi connectivity index (χ2n) is 3.91. The lowest BCUT2D eigenvalue weighted by Crippen LogP contribution is -2.42. The fourth-order valence-corrected chi connectivity index (χ4v) is 2.43. The average molecular weight is 296 g/mol. The van der Waals surface area contributed by atoms with Gasteiger partial charge in [0.1, 0.15) is 11.0 Å². The van der Waals surface area contributed by atoms with E-state index in [0.29, 0.717) is 22.5 Å². The lowest BCUT2D eigenvalue weighted by atomic mass is 10.2. The van der Waals surface area contributed by atoms with Crippen LogP contribution in [0.5, 0.6) is 0 Å². The Bertz CT molecular complexity index is 414. The Labute approximate surface area is 116 Å². The summed E-state index contributed by atoms with van der Waals surface area (Å²) in [6.45, 7) is 4.32. The number of ether oxygens (including phenoxy) is 1. The van der Waals surface area contributed by atoms with Gasteiger partial charge >= 0.3 is 0 Å². The highest BCUT2D eigenvalue weighted by molar-refractivity contribution is 6.42. The molecule has 0 spiro atoms. The maximum Gasteiger partial charge on any atom is 0.150 e.